The van der Waals surface area contributed by atoms with E-state index in [9.17, 15) is 9.59 Å². The lowest BCUT2D eigenvalue weighted by atomic mass is 9.65. The van der Waals surface area contributed by atoms with Crippen molar-refractivity contribution < 1.29 is 14.3 Å². The maximum atomic E-state index is 14.3. The van der Waals surface area contributed by atoms with Gasteiger partial charge in [0.25, 0.3) is 0 Å². The first-order valence-corrected chi connectivity index (χ1v) is 18.5. The third kappa shape index (κ3) is 7.82. The van der Waals surface area contributed by atoms with E-state index >= 15 is 0 Å². The first kappa shape index (κ1) is 33.5. The molecule has 0 bridgehead atoms. The Kier molecular flexibility index (Phi) is 11.1. The number of likely N-dealkylation sites (tertiary alicyclic amines) is 1. The van der Waals surface area contributed by atoms with Crippen LogP contribution < -0.4 is 5.32 Å². The summed E-state index contributed by atoms with van der Waals surface area (Å²) in [6.07, 6.45) is 5.73. The van der Waals surface area contributed by atoms with Crippen LogP contribution >= 0.6 is 34.5 Å². The highest BCUT2D eigenvalue weighted by Gasteiger charge is 2.46. The number of benzene rings is 2. The summed E-state index contributed by atoms with van der Waals surface area (Å²) in [4.78, 5) is 31.4. The fourth-order valence-corrected chi connectivity index (χ4v) is 9.40. The summed E-state index contributed by atoms with van der Waals surface area (Å²) in [5.41, 5.74) is 3.64. The number of nitrogens with one attached hydrogen (secondary N) is 1. The highest BCUT2D eigenvalue weighted by molar-refractivity contribution is 7.08. The smallest absolute Gasteiger partial charge is 0.416 e. The SMILES string of the molecule is CCC[C@H](CC1(C[C@@H]2CN(Cc3ccc(Cl)cc3Cl)C[C@@H]2c2ccsc2)CCNCC1)C(=O)N1C(=O)OC[C@H]1Cc1ccccc1. The largest absolute Gasteiger partial charge is 0.447 e. The third-order valence-corrected chi connectivity index (χ3v) is 11.7. The van der Waals surface area contributed by atoms with Crippen molar-refractivity contribution in [2.75, 3.05) is 32.8 Å². The average molecular weight is 683 g/mol. The molecule has 3 saturated heterocycles. The predicted molar refractivity (Wildman–Crippen MR) is 187 cm³/mol. The summed E-state index contributed by atoms with van der Waals surface area (Å²) < 4.78 is 5.49. The van der Waals surface area contributed by atoms with Crippen LogP contribution in [0.15, 0.2) is 65.4 Å². The Balaban J connectivity index is 1.22. The molecule has 0 saturated carbocycles. The van der Waals surface area contributed by atoms with Gasteiger partial charge in [-0.1, -0.05) is 72.9 Å². The zero-order valence-electron chi connectivity index (χ0n) is 26.6. The zero-order valence-corrected chi connectivity index (χ0v) is 29.0. The summed E-state index contributed by atoms with van der Waals surface area (Å²) in [6, 6.07) is 17.9. The second kappa shape index (κ2) is 15.2. The minimum absolute atomic E-state index is 0.0200. The van der Waals surface area contributed by atoms with Crippen LogP contribution in [-0.4, -0.2) is 60.6 Å². The van der Waals surface area contributed by atoms with Crippen molar-refractivity contribution in [2.45, 2.75) is 70.4 Å². The lowest BCUT2D eigenvalue weighted by molar-refractivity contribution is -0.135. The van der Waals surface area contributed by atoms with Gasteiger partial charge in [0.05, 0.1) is 6.04 Å². The Hall–Kier alpha value is -2.42. The van der Waals surface area contributed by atoms with E-state index < -0.39 is 6.09 Å². The first-order valence-electron chi connectivity index (χ1n) is 16.8. The van der Waals surface area contributed by atoms with Gasteiger partial charge in [0.15, 0.2) is 0 Å². The van der Waals surface area contributed by atoms with E-state index in [0.29, 0.717) is 28.3 Å². The van der Waals surface area contributed by atoms with Gasteiger partial charge in [-0.15, -0.1) is 0 Å². The fourth-order valence-electron chi connectivity index (χ4n) is 8.20. The number of ether oxygens (including phenoxy) is 1. The summed E-state index contributed by atoms with van der Waals surface area (Å²) >= 11 is 14.6. The number of hydrogen-bond donors (Lipinski definition) is 1. The molecule has 2 amide bonds. The minimum Gasteiger partial charge on any atom is -0.447 e. The van der Waals surface area contributed by atoms with Gasteiger partial charge in [0.2, 0.25) is 5.91 Å². The van der Waals surface area contributed by atoms with Gasteiger partial charge >= 0.3 is 6.09 Å². The van der Waals surface area contributed by atoms with E-state index in [4.69, 9.17) is 27.9 Å². The van der Waals surface area contributed by atoms with Crippen LogP contribution in [0.3, 0.4) is 0 Å². The average Bonchev–Trinajstić information content (AvgIpc) is 3.80. The molecular formula is C37H45Cl2N3O3S. The number of carbonyl (C=O) groups is 2. The molecule has 6 nitrogen and oxygen atoms in total. The van der Waals surface area contributed by atoms with Crippen LogP contribution in [0.1, 0.15) is 68.1 Å². The quantitative estimate of drug-likeness (QED) is 0.208. The minimum atomic E-state index is -0.490. The van der Waals surface area contributed by atoms with Crippen LogP contribution in [0.2, 0.25) is 10.0 Å². The van der Waals surface area contributed by atoms with E-state index in [0.717, 1.165) is 82.4 Å². The standard InChI is InChI=1S/C37H45Cl2N3O3S/c1-2-6-27(35(43)42-32(24-45-36(42)44)17-26-7-4-3-5-8-26)19-37(12-14-40-15-13-37)20-30-22-41(23-33(30)29-11-16-46-25-29)21-28-9-10-31(38)18-34(28)39/h3-5,7-11,16,18,25,27,30,32-33,40H,2,6,12-15,17,19-24H2,1H3/t27-,30-,32-,33-/m1/s1. The number of nitrogens with zero attached hydrogens (tertiary/aromatic N) is 2. The number of thiophene rings is 1. The second-order valence-electron chi connectivity index (χ2n) is 13.6. The van der Waals surface area contributed by atoms with Gasteiger partial charge in [-0.25, -0.2) is 9.69 Å². The van der Waals surface area contributed by atoms with Gasteiger partial charge in [0.1, 0.15) is 6.61 Å². The molecule has 4 heterocycles. The van der Waals surface area contributed by atoms with Crippen molar-refractivity contribution in [1.29, 1.82) is 0 Å². The summed E-state index contributed by atoms with van der Waals surface area (Å²) in [5, 5.41) is 9.44. The van der Waals surface area contributed by atoms with Gasteiger partial charge in [-0.3, -0.25) is 9.69 Å². The molecule has 2 aromatic carbocycles. The van der Waals surface area contributed by atoms with Crippen LogP contribution in [0.4, 0.5) is 4.79 Å². The van der Waals surface area contributed by atoms with Crippen LogP contribution in [0, 0.1) is 17.3 Å². The zero-order chi connectivity index (χ0) is 32.1. The van der Waals surface area contributed by atoms with Gasteiger partial charge in [-0.05, 0) is 109 Å². The lowest BCUT2D eigenvalue weighted by Gasteiger charge is -2.43. The number of cyclic esters (lactones) is 1. The lowest BCUT2D eigenvalue weighted by Crippen LogP contribution is -2.46. The van der Waals surface area contributed by atoms with E-state index in [-0.39, 0.29) is 29.9 Å². The molecule has 1 N–H and O–H groups in total. The van der Waals surface area contributed by atoms with E-state index in [1.807, 2.05) is 36.4 Å². The molecule has 0 aliphatic carbocycles. The fraction of sp³-hybridized carbons (Fsp3) is 0.514. The monoisotopic (exact) mass is 681 g/mol. The number of amides is 2. The van der Waals surface area contributed by atoms with Gasteiger partial charge in [-0.2, -0.15) is 11.3 Å². The number of carbonyl (C=O) groups excluding carboxylic acids is 2. The summed E-state index contributed by atoms with van der Waals surface area (Å²) in [5.74, 6) is 0.618. The molecule has 3 aliphatic heterocycles. The topological polar surface area (TPSA) is 61.9 Å². The Labute approximate surface area is 287 Å². The Morgan fingerprint density at radius 2 is 1.91 bits per heavy atom. The molecule has 1 aromatic heterocycles. The van der Waals surface area contributed by atoms with Crippen LogP contribution in [0.5, 0.6) is 0 Å². The molecule has 3 aliphatic rings. The molecular weight excluding hydrogens is 637 g/mol. The second-order valence-corrected chi connectivity index (χ2v) is 15.2. The molecule has 4 atom stereocenters. The van der Waals surface area contributed by atoms with Gasteiger partial charge in [0, 0.05) is 41.5 Å². The Morgan fingerprint density at radius 3 is 2.63 bits per heavy atom. The summed E-state index contributed by atoms with van der Waals surface area (Å²) in [6.45, 7) is 7.06. The van der Waals surface area contributed by atoms with Crippen molar-refractivity contribution in [3.05, 3.63) is 92.1 Å². The maximum Gasteiger partial charge on any atom is 0.416 e. The van der Waals surface area contributed by atoms with Gasteiger partial charge < -0.3 is 10.1 Å². The van der Waals surface area contributed by atoms with Crippen molar-refractivity contribution in [2.24, 2.45) is 17.3 Å². The molecule has 9 heteroatoms. The molecule has 46 heavy (non-hydrogen) atoms. The highest BCUT2D eigenvalue weighted by Crippen LogP contribution is 2.48. The number of hydrogen-bond acceptors (Lipinski definition) is 6. The van der Waals surface area contributed by atoms with Crippen molar-refractivity contribution in [3.63, 3.8) is 0 Å². The number of piperidine rings is 1. The number of rotatable bonds is 12. The normalized spacial score (nSPS) is 23.8. The molecule has 0 spiro atoms. The van der Waals surface area contributed by atoms with E-state index in [1.54, 1.807) is 11.3 Å². The molecule has 0 radical (unpaired) electrons. The van der Waals surface area contributed by atoms with Crippen molar-refractivity contribution in [3.8, 4) is 0 Å². The molecule has 6 rings (SSSR count). The van der Waals surface area contributed by atoms with Crippen molar-refractivity contribution in [1.82, 2.24) is 15.1 Å². The molecule has 3 fully saturated rings. The third-order valence-electron chi connectivity index (χ3n) is 10.4. The van der Waals surface area contributed by atoms with Crippen molar-refractivity contribution >= 4 is 46.5 Å². The Morgan fingerprint density at radius 1 is 1.11 bits per heavy atom. The van der Waals surface area contributed by atoms with Crippen LogP contribution in [0.25, 0.3) is 0 Å². The number of halogens is 2. The number of imide groups is 1. The predicted octanol–water partition coefficient (Wildman–Crippen LogP) is 8.43. The van der Waals surface area contributed by atoms with Crippen LogP contribution in [-0.2, 0) is 22.5 Å². The Bertz CT molecular complexity index is 1460. The summed E-state index contributed by atoms with van der Waals surface area (Å²) in [7, 11) is 0. The molecule has 3 aromatic rings. The molecule has 0 unspecified atom stereocenters. The highest BCUT2D eigenvalue weighted by atomic mass is 35.5. The van der Waals surface area contributed by atoms with E-state index in [2.05, 4.69) is 46.1 Å². The van der Waals surface area contributed by atoms with E-state index in [1.165, 1.54) is 10.5 Å². The molecule has 246 valence electrons. The first-order chi connectivity index (χ1) is 22.3. The maximum absolute atomic E-state index is 14.3.